The van der Waals surface area contributed by atoms with E-state index >= 15 is 0 Å². The predicted octanol–water partition coefficient (Wildman–Crippen LogP) is 15.6. The summed E-state index contributed by atoms with van der Waals surface area (Å²) in [6.45, 7) is 2.71. The van der Waals surface area contributed by atoms with Gasteiger partial charge in [0, 0.05) is 40.1 Å². The molecule has 6 nitrogen and oxygen atoms in total. The third kappa shape index (κ3) is 9.14. The number of para-hydroxylation sites is 2. The standard InChI is InChI=1S/C54H52N4O2/c1-2-3-4-5-6-7-8-9-10-17-39-57-53(59)50-24-18-23-49-48(37-38-51(52(49)50)54(57)60)42-27-33-44(34-28-42)56-55-43-31-25-40(26-32-43)41-29-35-47(36-30-41)58(45-19-13-11-14-20-45)46-21-15-12-16-22-46/h11-16,18-38H,2-10,17,39H2,1H3. The van der Waals surface area contributed by atoms with Gasteiger partial charge in [-0.3, -0.25) is 14.5 Å². The summed E-state index contributed by atoms with van der Waals surface area (Å²) in [5.74, 6) is -0.385. The number of hydrogen-bond acceptors (Lipinski definition) is 5. The van der Waals surface area contributed by atoms with Crippen molar-refractivity contribution in [2.75, 3.05) is 11.4 Å². The van der Waals surface area contributed by atoms with Gasteiger partial charge in [-0.1, -0.05) is 156 Å². The molecule has 1 heterocycles. The van der Waals surface area contributed by atoms with Gasteiger partial charge in [-0.2, -0.15) is 10.2 Å². The first-order chi connectivity index (χ1) is 29.6. The number of nitrogens with zero attached hydrogens (tertiary/aromatic N) is 4. The molecule has 1 aliphatic heterocycles. The van der Waals surface area contributed by atoms with Gasteiger partial charge in [0.15, 0.2) is 0 Å². The summed E-state index contributed by atoms with van der Waals surface area (Å²) in [4.78, 5) is 31.1. The van der Waals surface area contributed by atoms with E-state index < -0.39 is 0 Å². The highest BCUT2D eigenvalue weighted by atomic mass is 16.2. The third-order valence-electron chi connectivity index (χ3n) is 11.5. The molecule has 0 atom stereocenters. The van der Waals surface area contributed by atoms with Crippen molar-refractivity contribution in [3.05, 3.63) is 175 Å². The lowest BCUT2D eigenvalue weighted by molar-refractivity contribution is 0.0607. The van der Waals surface area contributed by atoms with Gasteiger partial charge >= 0.3 is 0 Å². The number of anilines is 3. The SMILES string of the molecule is CCCCCCCCCCCCN1C(=O)c2cccc3c(-c4ccc(N=Nc5ccc(-c6ccc(N(c7ccccc7)c7ccccc7)cc6)cc5)cc4)ccc(c23)C1=O. The van der Waals surface area contributed by atoms with E-state index in [4.69, 9.17) is 0 Å². The number of amides is 2. The van der Waals surface area contributed by atoms with Crippen LogP contribution in [0, 0.1) is 0 Å². The van der Waals surface area contributed by atoms with Crippen LogP contribution in [0.4, 0.5) is 28.4 Å². The monoisotopic (exact) mass is 788 g/mol. The number of carbonyl (C=O) groups is 2. The minimum absolute atomic E-state index is 0.193. The first-order valence-corrected chi connectivity index (χ1v) is 21.6. The second kappa shape index (κ2) is 19.4. The van der Waals surface area contributed by atoms with Crippen LogP contribution < -0.4 is 4.90 Å². The molecule has 1 aliphatic rings. The molecule has 0 aromatic heterocycles. The molecule has 7 aromatic carbocycles. The Bertz CT molecular complexity index is 2490. The fourth-order valence-corrected chi connectivity index (χ4v) is 8.31. The maximum absolute atomic E-state index is 13.7. The van der Waals surface area contributed by atoms with E-state index in [0.717, 1.165) is 80.7 Å². The Morgan fingerprint density at radius 1 is 0.417 bits per heavy atom. The molecule has 0 N–H and O–H groups in total. The fraction of sp³-hybridized carbons (Fsp3) is 0.222. The molecule has 0 spiro atoms. The van der Waals surface area contributed by atoms with Crippen molar-refractivity contribution in [2.45, 2.75) is 71.1 Å². The Hall–Kier alpha value is -6.66. The van der Waals surface area contributed by atoms with Crippen molar-refractivity contribution >= 4 is 51.0 Å². The van der Waals surface area contributed by atoms with E-state index in [9.17, 15) is 9.59 Å². The number of imide groups is 1. The van der Waals surface area contributed by atoms with Crippen LogP contribution >= 0.6 is 0 Å². The second-order valence-electron chi connectivity index (χ2n) is 15.7. The molecule has 0 radical (unpaired) electrons. The van der Waals surface area contributed by atoms with Gasteiger partial charge in [-0.25, -0.2) is 0 Å². The van der Waals surface area contributed by atoms with Crippen LogP contribution in [0.2, 0.25) is 0 Å². The minimum Gasteiger partial charge on any atom is -0.311 e. The fourth-order valence-electron chi connectivity index (χ4n) is 8.31. The first-order valence-electron chi connectivity index (χ1n) is 21.6. The first kappa shape index (κ1) is 40.1. The summed E-state index contributed by atoms with van der Waals surface area (Å²) >= 11 is 0. The molecule has 60 heavy (non-hydrogen) atoms. The van der Waals surface area contributed by atoms with Crippen molar-refractivity contribution in [3.8, 4) is 22.3 Å². The van der Waals surface area contributed by atoms with Crippen LogP contribution in [0.25, 0.3) is 33.0 Å². The van der Waals surface area contributed by atoms with Gasteiger partial charge in [0.25, 0.3) is 11.8 Å². The highest BCUT2D eigenvalue weighted by Crippen LogP contribution is 2.38. The van der Waals surface area contributed by atoms with Crippen molar-refractivity contribution in [1.82, 2.24) is 4.90 Å². The molecule has 0 saturated carbocycles. The summed E-state index contributed by atoms with van der Waals surface area (Å²) in [5.41, 5.74) is 10.2. The van der Waals surface area contributed by atoms with Crippen LogP contribution in [-0.4, -0.2) is 23.3 Å². The zero-order valence-electron chi connectivity index (χ0n) is 34.5. The molecule has 0 aliphatic carbocycles. The van der Waals surface area contributed by atoms with Crippen molar-refractivity contribution in [1.29, 1.82) is 0 Å². The van der Waals surface area contributed by atoms with E-state index in [1.54, 1.807) is 0 Å². The molecule has 0 saturated heterocycles. The van der Waals surface area contributed by atoms with Crippen LogP contribution in [0.3, 0.4) is 0 Å². The zero-order chi connectivity index (χ0) is 41.1. The zero-order valence-corrected chi connectivity index (χ0v) is 34.5. The van der Waals surface area contributed by atoms with Gasteiger partial charge in [0.2, 0.25) is 0 Å². The topological polar surface area (TPSA) is 65.3 Å². The molecule has 7 aromatic rings. The van der Waals surface area contributed by atoms with Gasteiger partial charge < -0.3 is 4.90 Å². The van der Waals surface area contributed by atoms with Gasteiger partial charge in [-0.15, -0.1) is 0 Å². The minimum atomic E-state index is -0.193. The van der Waals surface area contributed by atoms with Crippen LogP contribution in [0.15, 0.2) is 174 Å². The third-order valence-corrected chi connectivity index (χ3v) is 11.5. The molecule has 0 fully saturated rings. The van der Waals surface area contributed by atoms with Crippen LogP contribution in [-0.2, 0) is 0 Å². The Labute approximate surface area is 354 Å². The second-order valence-corrected chi connectivity index (χ2v) is 15.7. The van der Waals surface area contributed by atoms with Crippen molar-refractivity contribution in [3.63, 3.8) is 0 Å². The van der Waals surface area contributed by atoms with E-state index in [-0.39, 0.29) is 11.8 Å². The molecule has 6 heteroatoms. The summed E-state index contributed by atoms with van der Waals surface area (Å²) in [6.07, 6.45) is 12.1. The quantitative estimate of drug-likeness (QED) is 0.0494. The number of hydrogen-bond donors (Lipinski definition) is 0. The molecule has 300 valence electrons. The Morgan fingerprint density at radius 3 is 1.42 bits per heavy atom. The number of carbonyl (C=O) groups excluding carboxylic acids is 2. The van der Waals surface area contributed by atoms with Gasteiger partial charge in [0.1, 0.15) is 0 Å². The molecule has 8 rings (SSSR count). The van der Waals surface area contributed by atoms with Gasteiger partial charge in [0.05, 0.1) is 11.4 Å². The Morgan fingerprint density at radius 2 is 0.867 bits per heavy atom. The Kier molecular flexibility index (Phi) is 13.0. The summed E-state index contributed by atoms with van der Waals surface area (Å²) in [7, 11) is 0. The maximum atomic E-state index is 13.7. The predicted molar refractivity (Wildman–Crippen MR) is 247 cm³/mol. The number of unbranched alkanes of at least 4 members (excludes halogenated alkanes) is 9. The van der Waals surface area contributed by atoms with Crippen LogP contribution in [0.5, 0.6) is 0 Å². The summed E-state index contributed by atoms with van der Waals surface area (Å²) in [6, 6.07) is 55.1. The largest absolute Gasteiger partial charge is 0.311 e. The van der Waals surface area contributed by atoms with Gasteiger partial charge in [-0.05, 0) is 107 Å². The maximum Gasteiger partial charge on any atom is 0.261 e. The van der Waals surface area contributed by atoms with Crippen molar-refractivity contribution < 1.29 is 9.59 Å². The lowest BCUT2D eigenvalue weighted by Gasteiger charge is -2.28. The molecule has 0 unspecified atom stereocenters. The van der Waals surface area contributed by atoms with E-state index in [1.165, 1.54) is 49.8 Å². The average Bonchev–Trinajstić information content (AvgIpc) is 3.30. The highest BCUT2D eigenvalue weighted by Gasteiger charge is 2.33. The molecular weight excluding hydrogens is 737 g/mol. The smallest absolute Gasteiger partial charge is 0.261 e. The molecular formula is C54H52N4O2. The number of rotatable bonds is 18. The van der Waals surface area contributed by atoms with E-state index in [1.807, 2.05) is 78.9 Å². The average molecular weight is 789 g/mol. The molecule has 0 bridgehead atoms. The molecule has 2 amide bonds. The van der Waals surface area contributed by atoms with Crippen LogP contribution in [0.1, 0.15) is 91.8 Å². The summed E-state index contributed by atoms with van der Waals surface area (Å²) < 4.78 is 0. The highest BCUT2D eigenvalue weighted by molar-refractivity contribution is 6.27. The lowest BCUT2D eigenvalue weighted by Crippen LogP contribution is -2.40. The lowest BCUT2D eigenvalue weighted by atomic mass is 9.89. The Balaban J connectivity index is 0.898. The number of azo groups is 1. The number of benzene rings is 7. The van der Waals surface area contributed by atoms with Crippen molar-refractivity contribution in [2.24, 2.45) is 10.2 Å². The summed E-state index contributed by atoms with van der Waals surface area (Å²) in [5, 5.41) is 10.7. The van der Waals surface area contributed by atoms with E-state index in [0.29, 0.717) is 17.7 Å². The normalized spacial score (nSPS) is 12.4. The van der Waals surface area contributed by atoms with E-state index in [2.05, 4.69) is 107 Å².